The van der Waals surface area contributed by atoms with Gasteiger partial charge in [-0.25, -0.2) is 0 Å². The van der Waals surface area contributed by atoms with E-state index >= 15 is 0 Å². The summed E-state index contributed by atoms with van der Waals surface area (Å²) in [6.07, 6.45) is 4.25. The quantitative estimate of drug-likeness (QED) is 0.783. The highest BCUT2D eigenvalue weighted by Crippen LogP contribution is 2.26. The third-order valence-electron chi connectivity index (χ3n) is 4.41. The van der Waals surface area contributed by atoms with Gasteiger partial charge in [0.2, 0.25) is 11.8 Å². The van der Waals surface area contributed by atoms with Gasteiger partial charge in [0, 0.05) is 23.5 Å². The van der Waals surface area contributed by atoms with Gasteiger partial charge in [-0.1, -0.05) is 36.5 Å². The van der Waals surface area contributed by atoms with Gasteiger partial charge in [0.1, 0.15) is 0 Å². The zero-order chi connectivity index (χ0) is 18.4. The Hall–Kier alpha value is -1.30. The summed E-state index contributed by atoms with van der Waals surface area (Å²) >= 11 is 12.0. The molecule has 2 rings (SSSR count). The minimum absolute atomic E-state index is 0.00124. The number of halogens is 2. The summed E-state index contributed by atoms with van der Waals surface area (Å²) in [6.45, 7) is 2.53. The van der Waals surface area contributed by atoms with Crippen LogP contribution in [0.25, 0.3) is 0 Å². The van der Waals surface area contributed by atoms with Gasteiger partial charge in [-0.15, -0.1) is 0 Å². The summed E-state index contributed by atoms with van der Waals surface area (Å²) in [5.74, 6) is -0.353. The van der Waals surface area contributed by atoms with Crippen molar-refractivity contribution in [2.75, 3.05) is 18.4 Å². The van der Waals surface area contributed by atoms with Crippen LogP contribution in [-0.2, 0) is 9.59 Å². The molecule has 2 unspecified atom stereocenters. The fourth-order valence-corrected chi connectivity index (χ4v) is 3.54. The number of nitrogens with zero attached hydrogens (tertiary/aromatic N) is 1. The van der Waals surface area contributed by atoms with Crippen molar-refractivity contribution < 1.29 is 9.59 Å². The average molecular weight is 386 g/mol. The van der Waals surface area contributed by atoms with Crippen LogP contribution in [0, 0.1) is 5.92 Å². The lowest BCUT2D eigenvalue weighted by molar-refractivity contribution is -0.139. The highest BCUT2D eigenvalue weighted by atomic mass is 35.5. The minimum Gasteiger partial charge on any atom is -0.333 e. The third-order valence-corrected chi connectivity index (χ3v) is 4.97. The fourth-order valence-electron chi connectivity index (χ4n) is 3.20. The molecule has 0 saturated heterocycles. The second-order valence-corrected chi connectivity index (χ2v) is 7.40. The van der Waals surface area contributed by atoms with Crippen molar-refractivity contribution in [3.8, 4) is 0 Å². The van der Waals surface area contributed by atoms with Crippen LogP contribution < -0.4 is 11.1 Å². The number of rotatable bonds is 6. The van der Waals surface area contributed by atoms with Gasteiger partial charge in [-0.2, -0.15) is 0 Å². The smallest absolute Gasteiger partial charge is 0.244 e. The molecule has 1 aliphatic rings. The van der Waals surface area contributed by atoms with Crippen LogP contribution in [-0.4, -0.2) is 35.8 Å². The van der Waals surface area contributed by atoms with Crippen LogP contribution in [0.5, 0.6) is 0 Å². The normalized spacial score (nSPS) is 20.2. The highest BCUT2D eigenvalue weighted by molar-refractivity contribution is 6.35. The molecule has 1 saturated carbocycles. The molecule has 2 amide bonds. The number of carbonyl (C=O) groups excluding carboxylic acids is 2. The van der Waals surface area contributed by atoms with Crippen molar-refractivity contribution in [1.82, 2.24) is 4.90 Å². The first-order valence-electron chi connectivity index (χ1n) is 8.70. The second-order valence-electron chi connectivity index (χ2n) is 6.56. The van der Waals surface area contributed by atoms with Crippen LogP contribution in [0.1, 0.15) is 39.0 Å². The molecule has 0 aliphatic heterocycles. The van der Waals surface area contributed by atoms with Gasteiger partial charge in [-0.3, -0.25) is 9.59 Å². The van der Waals surface area contributed by atoms with Crippen molar-refractivity contribution in [2.24, 2.45) is 11.7 Å². The van der Waals surface area contributed by atoms with Gasteiger partial charge in [0.05, 0.1) is 17.3 Å². The lowest BCUT2D eigenvalue weighted by Gasteiger charge is -2.31. The van der Waals surface area contributed by atoms with E-state index in [1.165, 1.54) is 0 Å². The van der Waals surface area contributed by atoms with E-state index in [0.29, 0.717) is 28.7 Å². The maximum absolute atomic E-state index is 12.8. The molecule has 0 aromatic heterocycles. The van der Waals surface area contributed by atoms with Gasteiger partial charge in [0.25, 0.3) is 0 Å². The Morgan fingerprint density at radius 2 is 2.08 bits per heavy atom. The highest BCUT2D eigenvalue weighted by Gasteiger charge is 2.29. The van der Waals surface area contributed by atoms with E-state index in [1.807, 2.05) is 6.92 Å². The molecule has 2 atom stereocenters. The van der Waals surface area contributed by atoms with E-state index in [0.717, 1.165) is 25.7 Å². The van der Waals surface area contributed by atoms with Gasteiger partial charge in [0.15, 0.2) is 0 Å². The van der Waals surface area contributed by atoms with E-state index in [4.69, 9.17) is 28.9 Å². The molecule has 0 spiro atoms. The molecule has 1 aliphatic carbocycles. The molecular weight excluding hydrogens is 361 g/mol. The summed E-state index contributed by atoms with van der Waals surface area (Å²) in [4.78, 5) is 26.8. The topological polar surface area (TPSA) is 75.4 Å². The van der Waals surface area contributed by atoms with Crippen molar-refractivity contribution in [3.05, 3.63) is 28.2 Å². The third kappa shape index (κ3) is 5.87. The first kappa shape index (κ1) is 20.0. The number of amides is 2. The van der Waals surface area contributed by atoms with Gasteiger partial charge >= 0.3 is 0 Å². The number of carbonyl (C=O) groups is 2. The van der Waals surface area contributed by atoms with E-state index in [1.54, 1.807) is 23.1 Å². The fraction of sp³-hybridized carbons (Fsp3) is 0.556. The molecule has 0 radical (unpaired) electrons. The largest absolute Gasteiger partial charge is 0.333 e. The Labute approximate surface area is 158 Å². The molecule has 138 valence electrons. The summed E-state index contributed by atoms with van der Waals surface area (Å²) in [5.41, 5.74) is 6.44. The molecule has 7 heteroatoms. The summed E-state index contributed by atoms with van der Waals surface area (Å²) < 4.78 is 0. The number of anilines is 1. The number of nitrogens with two attached hydrogens (primary N) is 1. The number of nitrogens with one attached hydrogen (secondary N) is 1. The SMILES string of the molecule is CCCN(CC(=O)Nc1cc(Cl)ccc1Cl)C(=O)C1CCCC(N)C1. The maximum atomic E-state index is 12.8. The minimum atomic E-state index is -0.286. The Morgan fingerprint density at radius 3 is 2.76 bits per heavy atom. The predicted molar refractivity (Wildman–Crippen MR) is 102 cm³/mol. The monoisotopic (exact) mass is 385 g/mol. The molecular formula is C18H25Cl2N3O2. The lowest BCUT2D eigenvalue weighted by atomic mass is 9.85. The zero-order valence-electron chi connectivity index (χ0n) is 14.4. The predicted octanol–water partition coefficient (Wildman–Crippen LogP) is 3.69. The average Bonchev–Trinajstić information content (AvgIpc) is 2.57. The molecule has 1 aromatic carbocycles. The summed E-state index contributed by atoms with van der Waals surface area (Å²) in [7, 11) is 0. The van der Waals surface area contributed by atoms with E-state index in [2.05, 4.69) is 5.32 Å². The van der Waals surface area contributed by atoms with Crippen molar-refractivity contribution >= 4 is 40.7 Å². The molecule has 0 heterocycles. The summed E-state index contributed by atoms with van der Waals surface area (Å²) in [6, 6.07) is 4.94. The Balaban J connectivity index is 2.01. The number of hydrogen-bond acceptors (Lipinski definition) is 3. The molecule has 25 heavy (non-hydrogen) atoms. The Kier molecular flexibility index (Phi) is 7.54. The molecule has 1 fully saturated rings. The standard InChI is InChI=1S/C18H25Cl2N3O2/c1-2-8-23(18(25)12-4-3-5-14(21)9-12)11-17(24)22-16-10-13(19)6-7-15(16)20/h6-7,10,12,14H,2-5,8-9,11,21H2,1H3,(H,22,24). The van der Waals surface area contributed by atoms with Gasteiger partial charge in [-0.05, 0) is 43.9 Å². The van der Waals surface area contributed by atoms with E-state index in [-0.39, 0.29) is 30.3 Å². The van der Waals surface area contributed by atoms with Crippen molar-refractivity contribution in [1.29, 1.82) is 0 Å². The zero-order valence-corrected chi connectivity index (χ0v) is 15.9. The van der Waals surface area contributed by atoms with Crippen LogP contribution in [0.2, 0.25) is 10.0 Å². The maximum Gasteiger partial charge on any atom is 0.244 e. The first-order chi connectivity index (χ1) is 11.9. The van der Waals surface area contributed by atoms with Crippen LogP contribution in [0.4, 0.5) is 5.69 Å². The van der Waals surface area contributed by atoms with Crippen molar-refractivity contribution in [3.63, 3.8) is 0 Å². The molecule has 5 nitrogen and oxygen atoms in total. The number of hydrogen-bond donors (Lipinski definition) is 2. The lowest BCUT2D eigenvalue weighted by Crippen LogP contribution is -2.44. The van der Waals surface area contributed by atoms with Crippen LogP contribution in [0.15, 0.2) is 18.2 Å². The Morgan fingerprint density at radius 1 is 1.32 bits per heavy atom. The Bertz CT molecular complexity index is 624. The van der Waals surface area contributed by atoms with Crippen molar-refractivity contribution in [2.45, 2.75) is 45.1 Å². The van der Waals surface area contributed by atoms with E-state index in [9.17, 15) is 9.59 Å². The van der Waals surface area contributed by atoms with Crippen LogP contribution >= 0.6 is 23.2 Å². The molecule has 1 aromatic rings. The summed E-state index contributed by atoms with van der Waals surface area (Å²) in [5, 5.41) is 3.62. The number of benzene rings is 1. The molecule has 3 N–H and O–H groups in total. The molecule has 0 bridgehead atoms. The van der Waals surface area contributed by atoms with E-state index < -0.39 is 0 Å². The second kappa shape index (κ2) is 9.41. The van der Waals surface area contributed by atoms with Gasteiger partial charge < -0.3 is 16.0 Å². The first-order valence-corrected chi connectivity index (χ1v) is 9.45. The van der Waals surface area contributed by atoms with Crippen LogP contribution in [0.3, 0.4) is 0 Å².